The van der Waals surface area contributed by atoms with E-state index in [1.165, 1.54) is 6.20 Å². The summed E-state index contributed by atoms with van der Waals surface area (Å²) in [7, 11) is -3.59. The van der Waals surface area contributed by atoms with Gasteiger partial charge in [-0.1, -0.05) is 24.6 Å². The largest absolute Gasteiger partial charge is 0.268 e. The summed E-state index contributed by atoms with van der Waals surface area (Å²) in [5.41, 5.74) is 2.89. The van der Waals surface area contributed by atoms with E-state index >= 15 is 0 Å². The van der Waals surface area contributed by atoms with Gasteiger partial charge in [0.2, 0.25) is 10.0 Å². The fourth-order valence-electron chi connectivity index (χ4n) is 2.04. The summed E-state index contributed by atoms with van der Waals surface area (Å²) >= 11 is 0. The molecule has 1 heterocycles. The molecule has 0 spiro atoms. The molecule has 1 aromatic carbocycles. The van der Waals surface area contributed by atoms with Gasteiger partial charge in [0.15, 0.2) is 0 Å². The molecular formula is C14H17N3O3S. The summed E-state index contributed by atoms with van der Waals surface area (Å²) in [5, 5.41) is 4.20. The van der Waals surface area contributed by atoms with Crippen LogP contribution in [0.2, 0.25) is 0 Å². The number of hydrogen-bond acceptors (Lipinski definition) is 4. The number of aryl methyl sites for hydroxylation is 1. The number of carbonyl (C=O) groups excluding carboxylic acids is 1. The molecule has 2 rings (SSSR count). The number of hydrogen-bond donors (Lipinski definition) is 1. The Balaban J connectivity index is 2.43. The zero-order valence-corrected chi connectivity index (χ0v) is 12.9. The lowest BCUT2D eigenvalue weighted by molar-refractivity contribution is 0.0981. The van der Waals surface area contributed by atoms with Crippen LogP contribution in [-0.4, -0.2) is 30.4 Å². The van der Waals surface area contributed by atoms with Crippen LogP contribution in [0.25, 0.3) is 5.69 Å². The molecule has 2 aromatic rings. The molecular weight excluding hydrogens is 290 g/mol. The molecule has 1 amide bonds. The summed E-state index contributed by atoms with van der Waals surface area (Å²) in [6.45, 7) is 3.87. The molecule has 0 aliphatic heterocycles. The monoisotopic (exact) mass is 307 g/mol. The third-order valence-electron chi connectivity index (χ3n) is 3.01. The average molecular weight is 307 g/mol. The Morgan fingerprint density at radius 2 is 1.90 bits per heavy atom. The van der Waals surface area contributed by atoms with Crippen molar-refractivity contribution >= 4 is 15.9 Å². The standard InChI is InChI=1S/C14H17N3O3S/c1-4-13-12(14(18)16-21(3,19)20)9-15-17(13)11-7-5-10(2)6-8-11/h5-9H,4H2,1-3H3,(H,16,18). The molecule has 0 saturated heterocycles. The van der Waals surface area contributed by atoms with Gasteiger partial charge < -0.3 is 0 Å². The van der Waals surface area contributed by atoms with Crippen molar-refractivity contribution in [2.75, 3.05) is 6.26 Å². The number of aromatic nitrogens is 2. The van der Waals surface area contributed by atoms with E-state index in [-0.39, 0.29) is 5.56 Å². The van der Waals surface area contributed by atoms with Crippen LogP contribution >= 0.6 is 0 Å². The van der Waals surface area contributed by atoms with E-state index in [9.17, 15) is 13.2 Å². The van der Waals surface area contributed by atoms with Gasteiger partial charge in [-0.05, 0) is 25.5 Å². The van der Waals surface area contributed by atoms with E-state index in [1.54, 1.807) is 4.68 Å². The summed E-state index contributed by atoms with van der Waals surface area (Å²) in [6, 6.07) is 7.71. The van der Waals surface area contributed by atoms with E-state index in [4.69, 9.17) is 0 Å². The van der Waals surface area contributed by atoms with Gasteiger partial charge in [-0.2, -0.15) is 5.10 Å². The maximum absolute atomic E-state index is 12.0. The molecule has 0 saturated carbocycles. The van der Waals surface area contributed by atoms with Crippen molar-refractivity contribution in [2.24, 2.45) is 0 Å². The molecule has 0 fully saturated rings. The predicted molar refractivity (Wildman–Crippen MR) is 80.0 cm³/mol. The van der Waals surface area contributed by atoms with Crippen molar-refractivity contribution in [3.63, 3.8) is 0 Å². The van der Waals surface area contributed by atoms with Crippen molar-refractivity contribution in [1.82, 2.24) is 14.5 Å². The molecule has 112 valence electrons. The molecule has 0 radical (unpaired) electrons. The van der Waals surface area contributed by atoms with E-state index in [2.05, 4.69) is 5.10 Å². The van der Waals surface area contributed by atoms with Crippen molar-refractivity contribution < 1.29 is 13.2 Å². The molecule has 7 heteroatoms. The molecule has 0 unspecified atom stereocenters. The van der Waals surface area contributed by atoms with Gasteiger partial charge in [0.05, 0.1) is 29.4 Å². The van der Waals surface area contributed by atoms with Crippen LogP contribution in [0.15, 0.2) is 30.5 Å². The van der Waals surface area contributed by atoms with Gasteiger partial charge in [-0.15, -0.1) is 0 Å². The summed E-state index contributed by atoms with van der Waals surface area (Å²) < 4.78 is 26.0. The number of rotatable bonds is 4. The minimum Gasteiger partial charge on any atom is -0.268 e. The highest BCUT2D eigenvalue weighted by Gasteiger charge is 2.19. The Morgan fingerprint density at radius 1 is 1.29 bits per heavy atom. The van der Waals surface area contributed by atoms with Gasteiger partial charge >= 0.3 is 0 Å². The number of amides is 1. The lowest BCUT2D eigenvalue weighted by Gasteiger charge is -2.08. The van der Waals surface area contributed by atoms with Crippen molar-refractivity contribution in [3.05, 3.63) is 47.3 Å². The first-order valence-electron chi connectivity index (χ1n) is 6.48. The molecule has 21 heavy (non-hydrogen) atoms. The Hall–Kier alpha value is -2.15. The highest BCUT2D eigenvalue weighted by Crippen LogP contribution is 2.16. The molecule has 6 nitrogen and oxygen atoms in total. The zero-order chi connectivity index (χ0) is 15.6. The maximum atomic E-state index is 12.0. The van der Waals surface area contributed by atoms with E-state index < -0.39 is 15.9 Å². The first kappa shape index (κ1) is 15.2. The first-order valence-corrected chi connectivity index (χ1v) is 8.37. The average Bonchev–Trinajstić information content (AvgIpc) is 2.81. The smallest absolute Gasteiger partial charge is 0.268 e. The molecule has 0 aliphatic carbocycles. The number of benzene rings is 1. The highest BCUT2D eigenvalue weighted by molar-refractivity contribution is 7.89. The van der Waals surface area contributed by atoms with Gasteiger partial charge in [-0.25, -0.2) is 17.8 Å². The normalized spacial score (nSPS) is 11.4. The molecule has 1 aromatic heterocycles. The lowest BCUT2D eigenvalue weighted by atomic mass is 10.2. The second-order valence-corrected chi connectivity index (χ2v) is 6.56. The van der Waals surface area contributed by atoms with Crippen LogP contribution in [0, 0.1) is 6.92 Å². The van der Waals surface area contributed by atoms with Gasteiger partial charge in [0, 0.05) is 0 Å². The highest BCUT2D eigenvalue weighted by atomic mass is 32.2. The van der Waals surface area contributed by atoms with E-state index in [0.717, 1.165) is 17.5 Å². The summed E-state index contributed by atoms with van der Waals surface area (Å²) in [6.07, 6.45) is 2.89. The Kier molecular flexibility index (Phi) is 4.13. The van der Waals surface area contributed by atoms with Crippen molar-refractivity contribution in [3.8, 4) is 5.69 Å². The second-order valence-electron chi connectivity index (χ2n) is 4.81. The number of nitrogens with one attached hydrogen (secondary N) is 1. The molecule has 0 atom stereocenters. The lowest BCUT2D eigenvalue weighted by Crippen LogP contribution is -2.29. The van der Waals surface area contributed by atoms with E-state index in [0.29, 0.717) is 12.1 Å². The van der Waals surface area contributed by atoms with Gasteiger partial charge in [-0.3, -0.25) is 4.79 Å². The van der Waals surface area contributed by atoms with Gasteiger partial charge in [0.1, 0.15) is 0 Å². The first-order chi connectivity index (χ1) is 9.81. The van der Waals surface area contributed by atoms with Crippen LogP contribution < -0.4 is 4.72 Å². The third kappa shape index (κ3) is 3.49. The minimum atomic E-state index is -3.59. The second kappa shape index (κ2) is 5.69. The maximum Gasteiger partial charge on any atom is 0.268 e. The Labute approximate surface area is 123 Å². The fourth-order valence-corrected chi connectivity index (χ4v) is 2.48. The van der Waals surface area contributed by atoms with Crippen molar-refractivity contribution in [2.45, 2.75) is 20.3 Å². The molecule has 0 aliphatic rings. The number of sulfonamides is 1. The van der Waals surface area contributed by atoms with Crippen LogP contribution in [0.1, 0.15) is 28.5 Å². The zero-order valence-electron chi connectivity index (χ0n) is 12.1. The van der Waals surface area contributed by atoms with Crippen LogP contribution in [-0.2, 0) is 16.4 Å². The Morgan fingerprint density at radius 3 is 2.43 bits per heavy atom. The predicted octanol–water partition coefficient (Wildman–Crippen LogP) is 1.43. The minimum absolute atomic E-state index is 0.267. The van der Waals surface area contributed by atoms with Crippen LogP contribution in [0.3, 0.4) is 0 Å². The Bertz CT molecular complexity index is 761. The molecule has 1 N–H and O–H groups in total. The van der Waals surface area contributed by atoms with E-state index in [1.807, 2.05) is 42.8 Å². The SMILES string of the molecule is CCc1c(C(=O)NS(C)(=O)=O)cnn1-c1ccc(C)cc1. The topological polar surface area (TPSA) is 81.1 Å². The number of nitrogens with zero attached hydrogens (tertiary/aromatic N) is 2. The van der Waals surface area contributed by atoms with Crippen LogP contribution in [0.4, 0.5) is 0 Å². The summed E-state index contributed by atoms with van der Waals surface area (Å²) in [5.74, 6) is -0.660. The number of carbonyl (C=O) groups is 1. The quantitative estimate of drug-likeness (QED) is 0.926. The fraction of sp³-hybridized carbons (Fsp3) is 0.286. The summed E-state index contributed by atoms with van der Waals surface area (Å²) in [4.78, 5) is 12.0. The molecule has 0 bridgehead atoms. The van der Waals surface area contributed by atoms with Gasteiger partial charge in [0.25, 0.3) is 5.91 Å². The van der Waals surface area contributed by atoms with Crippen molar-refractivity contribution in [1.29, 1.82) is 0 Å². The third-order valence-corrected chi connectivity index (χ3v) is 3.56. The van der Waals surface area contributed by atoms with Crippen LogP contribution in [0.5, 0.6) is 0 Å².